The molecule has 1 saturated heterocycles. The Bertz CT molecular complexity index is 1410. The fourth-order valence-corrected chi connectivity index (χ4v) is 4.15. The number of aromatic amines is 1. The van der Waals surface area contributed by atoms with Gasteiger partial charge in [0.25, 0.3) is 5.56 Å². The van der Waals surface area contributed by atoms with Crippen LogP contribution in [0.15, 0.2) is 41.7 Å². The number of benzene rings is 1. The Labute approximate surface area is 186 Å². The molecule has 0 spiro atoms. The maximum atomic E-state index is 14.1. The number of fused-ring (bicyclic) bond motifs is 1. The highest BCUT2D eigenvalue weighted by molar-refractivity contribution is 5.95. The molecule has 4 heterocycles. The van der Waals surface area contributed by atoms with Crippen LogP contribution in [-0.2, 0) is 17.9 Å². The van der Waals surface area contributed by atoms with Gasteiger partial charge in [-0.15, -0.1) is 0 Å². The monoisotopic (exact) mass is 453 g/mol. The van der Waals surface area contributed by atoms with Crippen LogP contribution < -0.4 is 10.5 Å². The van der Waals surface area contributed by atoms with Gasteiger partial charge in [0, 0.05) is 44.2 Å². The van der Waals surface area contributed by atoms with Crippen LogP contribution in [0.5, 0.6) is 0 Å². The molecule has 3 aromatic heterocycles. The maximum Gasteiger partial charge on any atom is 0.279 e. The van der Waals surface area contributed by atoms with E-state index in [0.717, 1.165) is 18.6 Å². The van der Waals surface area contributed by atoms with Gasteiger partial charge in [-0.25, -0.2) is 18.7 Å². The summed E-state index contributed by atoms with van der Waals surface area (Å²) in [5.74, 6) is -1.28. The summed E-state index contributed by atoms with van der Waals surface area (Å²) in [7, 11) is 0. The number of halogens is 2. The first kappa shape index (κ1) is 21.0. The Morgan fingerprint density at radius 1 is 1.24 bits per heavy atom. The number of amides is 1. The van der Waals surface area contributed by atoms with Crippen LogP contribution in [0.25, 0.3) is 22.6 Å². The van der Waals surface area contributed by atoms with Crippen molar-refractivity contribution in [1.29, 1.82) is 0 Å². The van der Waals surface area contributed by atoms with E-state index in [1.54, 1.807) is 21.6 Å². The van der Waals surface area contributed by atoms with Crippen LogP contribution in [-0.4, -0.2) is 41.8 Å². The topological polar surface area (TPSA) is 102 Å². The number of imidazole rings is 1. The molecule has 11 heteroatoms. The van der Waals surface area contributed by atoms with Crippen LogP contribution in [0.2, 0.25) is 0 Å². The number of rotatable bonds is 6. The smallest absolute Gasteiger partial charge is 0.279 e. The Kier molecular flexibility index (Phi) is 5.23. The number of carbonyl (C=O) groups is 1. The standard InChI is InChI=1S/C22H21F2N7O2/c1-2-5-29-12-25-21-19(22(29)33)27-20(28-21)14-8-26-30(11-14)9-13-6-18(32)31(10-13)17-4-3-15(23)7-16(17)24/h3-4,7-8,11-13H,2,5-6,9-10H2,1H3,(H,27,28). The van der Waals surface area contributed by atoms with Gasteiger partial charge < -0.3 is 9.88 Å². The van der Waals surface area contributed by atoms with Gasteiger partial charge in [0.2, 0.25) is 5.91 Å². The molecule has 4 aromatic rings. The van der Waals surface area contributed by atoms with E-state index in [0.29, 0.717) is 42.2 Å². The van der Waals surface area contributed by atoms with E-state index in [9.17, 15) is 18.4 Å². The summed E-state index contributed by atoms with van der Waals surface area (Å²) in [5.41, 5.74) is 1.26. The van der Waals surface area contributed by atoms with Gasteiger partial charge in [-0.1, -0.05) is 6.92 Å². The quantitative estimate of drug-likeness (QED) is 0.484. The second-order valence-electron chi connectivity index (χ2n) is 8.15. The molecular weight excluding hydrogens is 432 g/mol. The van der Waals surface area contributed by atoms with Crippen molar-refractivity contribution < 1.29 is 13.6 Å². The average molecular weight is 453 g/mol. The zero-order valence-corrected chi connectivity index (χ0v) is 17.8. The second kappa shape index (κ2) is 8.23. The van der Waals surface area contributed by atoms with Gasteiger partial charge in [0.05, 0.1) is 17.4 Å². The van der Waals surface area contributed by atoms with Crippen molar-refractivity contribution in [1.82, 2.24) is 29.3 Å². The molecule has 1 unspecified atom stereocenters. The molecule has 0 bridgehead atoms. The van der Waals surface area contributed by atoms with Gasteiger partial charge in [-0.05, 0) is 18.6 Å². The van der Waals surface area contributed by atoms with E-state index in [-0.39, 0.29) is 29.5 Å². The fourth-order valence-electron chi connectivity index (χ4n) is 4.15. The molecule has 1 aromatic carbocycles. The first-order chi connectivity index (χ1) is 15.9. The van der Waals surface area contributed by atoms with Crippen molar-refractivity contribution in [2.24, 2.45) is 5.92 Å². The zero-order chi connectivity index (χ0) is 23.1. The highest BCUT2D eigenvalue weighted by Gasteiger charge is 2.32. The summed E-state index contributed by atoms with van der Waals surface area (Å²) in [4.78, 5) is 38.0. The lowest BCUT2D eigenvalue weighted by molar-refractivity contribution is -0.117. The highest BCUT2D eigenvalue weighted by atomic mass is 19.1. The molecule has 5 rings (SSSR count). The van der Waals surface area contributed by atoms with Crippen LogP contribution >= 0.6 is 0 Å². The van der Waals surface area contributed by atoms with Crippen molar-refractivity contribution in [3.05, 3.63) is 58.9 Å². The molecule has 0 aliphatic carbocycles. The summed E-state index contributed by atoms with van der Waals surface area (Å²) in [6, 6.07) is 3.19. The lowest BCUT2D eigenvalue weighted by atomic mass is 10.1. The molecule has 170 valence electrons. The van der Waals surface area contributed by atoms with Gasteiger partial charge in [0.15, 0.2) is 11.2 Å². The molecule has 33 heavy (non-hydrogen) atoms. The van der Waals surface area contributed by atoms with Crippen LogP contribution in [0, 0.1) is 17.6 Å². The molecule has 9 nitrogen and oxygen atoms in total. The number of aryl methyl sites for hydroxylation is 1. The SMILES string of the molecule is CCCn1cnc2nc(-c3cnn(CC4CC(=O)N(c5ccc(F)cc5F)C4)c3)[nH]c2c1=O. The number of carbonyl (C=O) groups excluding carboxylic acids is 1. The Balaban J connectivity index is 1.33. The number of anilines is 1. The molecule has 1 N–H and O–H groups in total. The van der Waals surface area contributed by atoms with Crippen molar-refractivity contribution in [3.63, 3.8) is 0 Å². The van der Waals surface area contributed by atoms with E-state index in [2.05, 4.69) is 20.1 Å². The summed E-state index contributed by atoms with van der Waals surface area (Å²) >= 11 is 0. The molecule has 0 saturated carbocycles. The molecule has 1 amide bonds. The van der Waals surface area contributed by atoms with Crippen LogP contribution in [0.3, 0.4) is 0 Å². The molecule has 1 fully saturated rings. The summed E-state index contributed by atoms with van der Waals surface area (Å²) < 4.78 is 30.5. The minimum absolute atomic E-state index is 0.0774. The number of nitrogens with zero attached hydrogens (tertiary/aromatic N) is 6. The predicted octanol–water partition coefficient (Wildman–Crippen LogP) is 2.72. The van der Waals surface area contributed by atoms with Gasteiger partial charge >= 0.3 is 0 Å². The number of hydrogen-bond acceptors (Lipinski definition) is 5. The van der Waals surface area contributed by atoms with Crippen molar-refractivity contribution in [3.8, 4) is 11.4 Å². The number of hydrogen-bond donors (Lipinski definition) is 1. The van der Waals surface area contributed by atoms with Crippen molar-refractivity contribution in [2.45, 2.75) is 32.9 Å². The second-order valence-corrected chi connectivity index (χ2v) is 8.15. The normalized spacial score (nSPS) is 16.3. The Morgan fingerprint density at radius 3 is 2.88 bits per heavy atom. The largest absolute Gasteiger partial charge is 0.332 e. The third-order valence-corrected chi connectivity index (χ3v) is 5.70. The highest BCUT2D eigenvalue weighted by Crippen LogP contribution is 2.29. The van der Waals surface area contributed by atoms with Gasteiger partial charge in [-0.3, -0.25) is 18.8 Å². The van der Waals surface area contributed by atoms with Crippen LogP contribution in [0.4, 0.5) is 14.5 Å². The molecule has 1 aliphatic rings. The van der Waals surface area contributed by atoms with Crippen LogP contribution in [0.1, 0.15) is 19.8 Å². The first-order valence-electron chi connectivity index (χ1n) is 10.7. The number of nitrogens with one attached hydrogen (secondary N) is 1. The zero-order valence-electron chi connectivity index (χ0n) is 17.8. The molecule has 1 atom stereocenters. The van der Waals surface area contributed by atoms with Gasteiger partial charge in [-0.2, -0.15) is 5.10 Å². The molecular formula is C22H21F2N7O2. The lowest BCUT2D eigenvalue weighted by Crippen LogP contribution is -2.26. The molecule has 1 aliphatic heterocycles. The third-order valence-electron chi connectivity index (χ3n) is 5.70. The fraction of sp³-hybridized carbons (Fsp3) is 0.318. The van der Waals surface area contributed by atoms with Crippen molar-refractivity contribution >= 4 is 22.8 Å². The summed E-state index contributed by atoms with van der Waals surface area (Å²) in [6.07, 6.45) is 5.94. The van der Waals surface area contributed by atoms with E-state index in [1.165, 1.54) is 17.3 Å². The van der Waals surface area contributed by atoms with E-state index in [1.807, 2.05) is 6.92 Å². The lowest BCUT2D eigenvalue weighted by Gasteiger charge is -2.17. The predicted molar refractivity (Wildman–Crippen MR) is 116 cm³/mol. The van der Waals surface area contributed by atoms with Gasteiger partial charge in [0.1, 0.15) is 23.8 Å². The van der Waals surface area contributed by atoms with Crippen molar-refractivity contribution in [2.75, 3.05) is 11.4 Å². The van der Waals surface area contributed by atoms with E-state index >= 15 is 0 Å². The Hall–Kier alpha value is -3.89. The summed E-state index contributed by atoms with van der Waals surface area (Å²) in [6.45, 7) is 3.30. The average Bonchev–Trinajstić information content (AvgIpc) is 3.49. The summed E-state index contributed by atoms with van der Waals surface area (Å²) in [5, 5.41) is 4.35. The molecule has 0 radical (unpaired) electrons. The van der Waals surface area contributed by atoms with E-state index < -0.39 is 11.6 Å². The first-order valence-corrected chi connectivity index (χ1v) is 10.7. The third kappa shape index (κ3) is 3.90. The maximum absolute atomic E-state index is 14.1. The van der Waals surface area contributed by atoms with E-state index in [4.69, 9.17) is 0 Å². The number of aromatic nitrogens is 6. The minimum Gasteiger partial charge on any atom is -0.332 e. The minimum atomic E-state index is -0.762. The Morgan fingerprint density at radius 2 is 2.09 bits per heavy atom. The number of H-pyrrole nitrogens is 1.